The van der Waals surface area contributed by atoms with E-state index in [-0.39, 0.29) is 28.7 Å². The molecule has 0 saturated carbocycles. The molecular formula is C27H20NO8-. The molecular weight excluding hydrogens is 466 g/mol. The van der Waals surface area contributed by atoms with Crippen molar-refractivity contribution < 1.29 is 23.5 Å². The molecule has 0 aliphatic carbocycles. The van der Waals surface area contributed by atoms with Gasteiger partial charge in [0.05, 0.1) is 18.4 Å². The van der Waals surface area contributed by atoms with Crippen LogP contribution in [0.4, 0.5) is 5.69 Å². The first-order chi connectivity index (χ1) is 17.4. The van der Waals surface area contributed by atoms with Gasteiger partial charge in [0.1, 0.15) is 17.9 Å². The smallest absolute Gasteiger partial charge is 0.344 e. The Morgan fingerprint density at radius 1 is 0.917 bits per heavy atom. The summed E-state index contributed by atoms with van der Waals surface area (Å²) in [6.07, 6.45) is 0. The standard InChI is InChI=1S/C27H20NO8/c1-15-22(34-14-16-6-8-18(9-7-16)28(31)32)11-10-19-20(13-24(29)35-25(15)19)21-12-17-4-3-5-23(33-2)26(17)36-27(21)30/h3-13,31H,14H2,1-2H3/q-1. The van der Waals surface area contributed by atoms with Crippen molar-refractivity contribution in [1.29, 1.82) is 0 Å². The Morgan fingerprint density at radius 2 is 1.69 bits per heavy atom. The molecule has 0 amide bonds. The van der Waals surface area contributed by atoms with E-state index in [0.29, 0.717) is 39.0 Å². The maximum atomic E-state index is 12.9. The summed E-state index contributed by atoms with van der Waals surface area (Å²) >= 11 is 0. The number of methoxy groups -OCH3 is 1. The highest BCUT2D eigenvalue weighted by Crippen LogP contribution is 2.34. The molecule has 9 heteroatoms. The molecule has 3 aromatic carbocycles. The van der Waals surface area contributed by atoms with Crippen molar-refractivity contribution in [2.75, 3.05) is 12.3 Å². The molecule has 2 aromatic heterocycles. The average Bonchev–Trinajstić information content (AvgIpc) is 2.87. The van der Waals surface area contributed by atoms with Crippen LogP contribution < -0.4 is 26.0 Å². The molecule has 5 aromatic rings. The molecule has 0 unspecified atom stereocenters. The van der Waals surface area contributed by atoms with Crippen molar-refractivity contribution in [1.82, 2.24) is 0 Å². The van der Waals surface area contributed by atoms with Gasteiger partial charge in [-0.05, 0) is 48.9 Å². The van der Waals surface area contributed by atoms with Gasteiger partial charge in [-0.1, -0.05) is 24.3 Å². The molecule has 0 aliphatic heterocycles. The molecule has 0 radical (unpaired) electrons. The molecule has 0 saturated heterocycles. The van der Waals surface area contributed by atoms with Crippen molar-refractivity contribution in [2.24, 2.45) is 0 Å². The van der Waals surface area contributed by atoms with Crippen LogP contribution in [0.3, 0.4) is 0 Å². The first-order valence-electron chi connectivity index (χ1n) is 10.9. The lowest BCUT2D eigenvalue weighted by Gasteiger charge is -2.21. The molecule has 2 heterocycles. The van der Waals surface area contributed by atoms with Crippen LogP contribution in [-0.4, -0.2) is 12.3 Å². The van der Waals surface area contributed by atoms with Gasteiger partial charge in [0.2, 0.25) is 0 Å². The predicted molar refractivity (Wildman–Crippen MR) is 134 cm³/mol. The quantitative estimate of drug-likeness (QED) is 0.256. The third kappa shape index (κ3) is 4.17. The van der Waals surface area contributed by atoms with E-state index in [9.17, 15) is 14.8 Å². The van der Waals surface area contributed by atoms with Crippen LogP contribution in [0.25, 0.3) is 33.1 Å². The molecule has 1 N–H and O–H groups in total. The normalized spacial score (nSPS) is 11.1. The van der Waals surface area contributed by atoms with Crippen LogP contribution in [-0.2, 0) is 6.61 Å². The number of anilines is 1. The zero-order chi connectivity index (χ0) is 25.4. The predicted octanol–water partition coefficient (Wildman–Crippen LogP) is 5.16. The number of hydrogen-bond donors (Lipinski definition) is 1. The van der Waals surface area contributed by atoms with Gasteiger partial charge in [-0.25, -0.2) is 9.59 Å². The van der Waals surface area contributed by atoms with Crippen LogP contribution in [0.5, 0.6) is 11.5 Å². The third-order valence-corrected chi connectivity index (χ3v) is 5.90. The first kappa shape index (κ1) is 23.2. The summed E-state index contributed by atoms with van der Waals surface area (Å²) in [6, 6.07) is 17.9. The minimum atomic E-state index is -0.621. The van der Waals surface area contributed by atoms with Gasteiger partial charge >= 0.3 is 11.3 Å². The van der Waals surface area contributed by atoms with E-state index >= 15 is 0 Å². The Hall–Kier alpha value is -4.60. The lowest BCUT2D eigenvalue weighted by atomic mass is 10.0. The van der Waals surface area contributed by atoms with Crippen molar-refractivity contribution in [3.63, 3.8) is 0 Å². The van der Waals surface area contributed by atoms with Crippen molar-refractivity contribution >= 4 is 27.6 Å². The number of benzene rings is 3. The molecule has 36 heavy (non-hydrogen) atoms. The fraction of sp³-hybridized carbons (Fsp3) is 0.111. The van der Waals surface area contributed by atoms with E-state index in [4.69, 9.17) is 23.5 Å². The Labute approximate surface area is 203 Å². The van der Waals surface area contributed by atoms with Gasteiger partial charge in [-0.3, -0.25) is 5.21 Å². The number of hydrogen-bond acceptors (Lipinski definition) is 9. The molecule has 0 spiro atoms. The fourth-order valence-corrected chi connectivity index (χ4v) is 4.07. The zero-order valence-corrected chi connectivity index (χ0v) is 19.3. The van der Waals surface area contributed by atoms with Crippen molar-refractivity contribution in [3.05, 3.63) is 104 Å². The van der Waals surface area contributed by atoms with E-state index in [1.807, 2.05) is 0 Å². The molecule has 0 aliphatic rings. The number of ether oxygens (including phenoxy) is 2. The van der Waals surface area contributed by atoms with Crippen LogP contribution >= 0.6 is 0 Å². The summed E-state index contributed by atoms with van der Waals surface area (Å²) in [5.41, 5.74) is 1.43. The summed E-state index contributed by atoms with van der Waals surface area (Å²) in [6.45, 7) is 1.93. The molecule has 0 fully saturated rings. The lowest BCUT2D eigenvalue weighted by Crippen LogP contribution is -2.08. The molecule has 5 rings (SSSR count). The van der Waals surface area contributed by atoms with Gasteiger partial charge in [0, 0.05) is 28.0 Å². The van der Waals surface area contributed by atoms with E-state index in [0.717, 1.165) is 5.56 Å². The van der Waals surface area contributed by atoms with Crippen LogP contribution in [0, 0.1) is 12.1 Å². The van der Waals surface area contributed by atoms with Gasteiger partial charge in [-0.2, -0.15) is 0 Å². The molecule has 0 atom stereocenters. The highest BCUT2D eigenvalue weighted by molar-refractivity contribution is 5.97. The highest BCUT2D eigenvalue weighted by Gasteiger charge is 2.18. The van der Waals surface area contributed by atoms with E-state index in [2.05, 4.69) is 0 Å². The van der Waals surface area contributed by atoms with E-state index < -0.39 is 11.3 Å². The minimum absolute atomic E-state index is 0.103. The number of para-hydroxylation sites is 1. The number of nitrogens with zero attached hydrogens (tertiary/aromatic N) is 1. The zero-order valence-electron chi connectivity index (χ0n) is 19.3. The first-order valence-corrected chi connectivity index (χ1v) is 10.9. The Balaban J connectivity index is 1.55. The Bertz CT molecular complexity index is 1700. The second-order valence-corrected chi connectivity index (χ2v) is 8.10. The highest BCUT2D eigenvalue weighted by atomic mass is 16.8. The second-order valence-electron chi connectivity index (χ2n) is 8.10. The number of aryl methyl sites for hydroxylation is 1. The number of rotatable bonds is 6. The monoisotopic (exact) mass is 486 g/mol. The average molecular weight is 486 g/mol. The molecule has 182 valence electrons. The number of fused-ring (bicyclic) bond motifs is 2. The van der Waals surface area contributed by atoms with Gasteiger partial charge in [-0.15, -0.1) is 0 Å². The summed E-state index contributed by atoms with van der Waals surface area (Å²) < 4.78 is 22.2. The van der Waals surface area contributed by atoms with Crippen molar-refractivity contribution in [2.45, 2.75) is 13.5 Å². The molecule has 0 bridgehead atoms. The van der Waals surface area contributed by atoms with E-state index in [1.165, 1.54) is 25.3 Å². The largest absolute Gasteiger partial charge is 0.733 e. The Morgan fingerprint density at radius 3 is 2.42 bits per heavy atom. The maximum absolute atomic E-state index is 12.9. The van der Waals surface area contributed by atoms with Crippen LogP contribution in [0.2, 0.25) is 0 Å². The van der Waals surface area contributed by atoms with Gasteiger partial charge < -0.3 is 28.7 Å². The summed E-state index contributed by atoms with van der Waals surface area (Å²) in [7, 11) is 1.49. The fourth-order valence-electron chi connectivity index (χ4n) is 4.07. The molecule has 9 nitrogen and oxygen atoms in total. The van der Waals surface area contributed by atoms with E-state index in [1.54, 1.807) is 55.5 Å². The van der Waals surface area contributed by atoms with Crippen LogP contribution in [0.1, 0.15) is 11.1 Å². The summed E-state index contributed by atoms with van der Waals surface area (Å²) in [5.74, 6) is 0.914. The van der Waals surface area contributed by atoms with Gasteiger partial charge in [0.25, 0.3) is 0 Å². The minimum Gasteiger partial charge on any atom is -0.733 e. The van der Waals surface area contributed by atoms with Gasteiger partial charge in [0.15, 0.2) is 11.3 Å². The summed E-state index contributed by atoms with van der Waals surface area (Å²) in [4.78, 5) is 25.4. The third-order valence-electron chi connectivity index (χ3n) is 5.90. The SMILES string of the molecule is COc1cccc2cc(-c3cc(=O)oc4c(C)c(OCc5ccc(N([O-])O)cc5)ccc34)c(=O)oc12. The van der Waals surface area contributed by atoms with Crippen molar-refractivity contribution in [3.8, 4) is 22.6 Å². The Kier molecular flexibility index (Phi) is 5.93. The van der Waals surface area contributed by atoms with Crippen LogP contribution in [0.15, 0.2) is 85.2 Å². The second kappa shape index (κ2) is 9.21. The maximum Gasteiger partial charge on any atom is 0.344 e. The topological polar surface area (TPSA) is 125 Å². The lowest BCUT2D eigenvalue weighted by molar-refractivity contribution is 0.295. The summed E-state index contributed by atoms with van der Waals surface area (Å²) in [5, 5.41) is 20.9.